The summed E-state index contributed by atoms with van der Waals surface area (Å²) in [6, 6.07) is 4.57. The first kappa shape index (κ1) is 10.1. The lowest BCUT2D eigenvalue weighted by molar-refractivity contribution is 0.101. The van der Waals surface area contributed by atoms with E-state index in [1.165, 1.54) is 12.1 Å². The maximum absolute atomic E-state index is 11.6. The standard InChI is InChI=1S/C9H9N5O2/c1-5-4-8(16-14-5)11-9(15)6-2-3-7(10)13-12-6/h2-4H,1H3,(H2,10,13)(H,11,15). The zero-order chi connectivity index (χ0) is 11.5. The van der Waals surface area contributed by atoms with Crippen molar-refractivity contribution >= 4 is 17.6 Å². The van der Waals surface area contributed by atoms with E-state index >= 15 is 0 Å². The van der Waals surface area contributed by atoms with Gasteiger partial charge in [0.05, 0.1) is 5.69 Å². The minimum absolute atomic E-state index is 0.156. The Hall–Kier alpha value is -2.44. The average molecular weight is 219 g/mol. The highest BCUT2D eigenvalue weighted by Crippen LogP contribution is 2.09. The summed E-state index contributed by atoms with van der Waals surface area (Å²) in [7, 11) is 0. The molecule has 2 rings (SSSR count). The van der Waals surface area contributed by atoms with Crippen LogP contribution in [-0.4, -0.2) is 21.3 Å². The molecule has 0 unspecified atom stereocenters. The number of hydrogen-bond donors (Lipinski definition) is 2. The van der Waals surface area contributed by atoms with Gasteiger partial charge in [-0.3, -0.25) is 10.1 Å². The van der Waals surface area contributed by atoms with Crippen molar-refractivity contribution in [2.45, 2.75) is 6.92 Å². The van der Waals surface area contributed by atoms with Crippen LogP contribution >= 0.6 is 0 Å². The molecule has 1 amide bonds. The van der Waals surface area contributed by atoms with Gasteiger partial charge in [0.25, 0.3) is 5.91 Å². The Morgan fingerprint density at radius 1 is 1.44 bits per heavy atom. The fraction of sp³-hybridized carbons (Fsp3) is 0.111. The molecule has 2 aromatic heterocycles. The van der Waals surface area contributed by atoms with Crippen LogP contribution in [0.3, 0.4) is 0 Å². The van der Waals surface area contributed by atoms with Crippen molar-refractivity contribution in [2.24, 2.45) is 0 Å². The van der Waals surface area contributed by atoms with Gasteiger partial charge in [-0.2, -0.15) is 0 Å². The van der Waals surface area contributed by atoms with Crippen molar-refractivity contribution in [2.75, 3.05) is 11.1 Å². The first-order valence-electron chi connectivity index (χ1n) is 4.49. The molecule has 82 valence electrons. The average Bonchev–Trinajstić information content (AvgIpc) is 2.65. The Morgan fingerprint density at radius 2 is 2.25 bits per heavy atom. The van der Waals surface area contributed by atoms with Crippen molar-refractivity contribution in [1.29, 1.82) is 0 Å². The van der Waals surface area contributed by atoms with Crippen LogP contribution in [-0.2, 0) is 0 Å². The lowest BCUT2D eigenvalue weighted by Gasteiger charge is -1.99. The quantitative estimate of drug-likeness (QED) is 0.766. The van der Waals surface area contributed by atoms with E-state index in [4.69, 9.17) is 10.3 Å². The topological polar surface area (TPSA) is 107 Å². The van der Waals surface area contributed by atoms with Gasteiger partial charge < -0.3 is 10.3 Å². The molecular weight excluding hydrogens is 210 g/mol. The predicted octanol–water partition coefficient (Wildman–Crippen LogP) is 0.608. The van der Waals surface area contributed by atoms with E-state index < -0.39 is 5.91 Å². The smallest absolute Gasteiger partial charge is 0.278 e. The Labute approximate surface area is 90.6 Å². The van der Waals surface area contributed by atoms with Crippen LogP contribution in [0.4, 0.5) is 11.7 Å². The Morgan fingerprint density at radius 3 is 2.81 bits per heavy atom. The van der Waals surface area contributed by atoms with E-state index in [0.29, 0.717) is 5.69 Å². The number of carbonyl (C=O) groups is 1. The van der Waals surface area contributed by atoms with Gasteiger partial charge in [0, 0.05) is 6.07 Å². The zero-order valence-electron chi connectivity index (χ0n) is 8.47. The molecular formula is C9H9N5O2. The summed E-state index contributed by atoms with van der Waals surface area (Å²) >= 11 is 0. The van der Waals surface area contributed by atoms with Gasteiger partial charge in [-0.15, -0.1) is 10.2 Å². The van der Waals surface area contributed by atoms with Crippen molar-refractivity contribution < 1.29 is 9.32 Å². The monoisotopic (exact) mass is 219 g/mol. The number of amides is 1. The molecule has 0 aromatic carbocycles. The van der Waals surface area contributed by atoms with E-state index in [1.807, 2.05) is 0 Å². The summed E-state index contributed by atoms with van der Waals surface area (Å²) in [6.07, 6.45) is 0. The third kappa shape index (κ3) is 2.14. The second kappa shape index (κ2) is 3.97. The third-order valence-corrected chi connectivity index (χ3v) is 1.78. The number of rotatable bonds is 2. The molecule has 0 aliphatic rings. The summed E-state index contributed by atoms with van der Waals surface area (Å²) in [5.41, 5.74) is 6.18. The summed E-state index contributed by atoms with van der Waals surface area (Å²) < 4.78 is 4.83. The fourth-order valence-electron chi connectivity index (χ4n) is 1.06. The molecule has 7 heteroatoms. The molecule has 0 bridgehead atoms. The number of nitrogens with two attached hydrogens (primary N) is 1. The summed E-state index contributed by atoms with van der Waals surface area (Å²) in [6.45, 7) is 1.75. The number of anilines is 2. The van der Waals surface area contributed by atoms with Gasteiger partial charge in [-0.05, 0) is 19.1 Å². The van der Waals surface area contributed by atoms with Gasteiger partial charge in [0.15, 0.2) is 5.69 Å². The maximum atomic E-state index is 11.6. The van der Waals surface area contributed by atoms with Crippen LogP contribution in [0.25, 0.3) is 0 Å². The summed E-state index contributed by atoms with van der Waals surface area (Å²) in [5, 5.41) is 13.3. The minimum Gasteiger partial charge on any atom is -0.382 e. The van der Waals surface area contributed by atoms with Gasteiger partial charge in [-0.25, -0.2) is 0 Å². The number of nitrogens with zero attached hydrogens (tertiary/aromatic N) is 3. The van der Waals surface area contributed by atoms with Crippen molar-refractivity contribution in [3.63, 3.8) is 0 Å². The molecule has 0 aliphatic carbocycles. The number of nitrogens with one attached hydrogen (secondary N) is 1. The van der Waals surface area contributed by atoms with E-state index in [9.17, 15) is 4.79 Å². The predicted molar refractivity (Wildman–Crippen MR) is 55.6 cm³/mol. The van der Waals surface area contributed by atoms with Crippen molar-refractivity contribution in [3.8, 4) is 0 Å². The second-order valence-corrected chi connectivity index (χ2v) is 3.13. The van der Waals surface area contributed by atoms with E-state index in [-0.39, 0.29) is 17.4 Å². The molecule has 0 saturated heterocycles. The fourth-order valence-corrected chi connectivity index (χ4v) is 1.06. The van der Waals surface area contributed by atoms with Gasteiger partial charge >= 0.3 is 0 Å². The molecule has 0 spiro atoms. The van der Waals surface area contributed by atoms with Crippen LogP contribution < -0.4 is 11.1 Å². The first-order valence-corrected chi connectivity index (χ1v) is 4.49. The van der Waals surface area contributed by atoms with E-state index in [0.717, 1.165) is 0 Å². The Kier molecular flexibility index (Phi) is 2.50. The maximum Gasteiger partial charge on any atom is 0.278 e. The molecule has 7 nitrogen and oxygen atoms in total. The SMILES string of the molecule is Cc1cc(NC(=O)c2ccc(N)nn2)on1. The zero-order valence-corrected chi connectivity index (χ0v) is 8.47. The summed E-state index contributed by atoms with van der Waals surface area (Å²) in [5.74, 6) is 0.0943. The lowest BCUT2D eigenvalue weighted by atomic mass is 10.3. The van der Waals surface area contributed by atoms with Crippen LogP contribution in [0, 0.1) is 6.92 Å². The normalized spacial score (nSPS) is 10.1. The Balaban J connectivity index is 2.11. The van der Waals surface area contributed by atoms with E-state index in [2.05, 4.69) is 20.7 Å². The third-order valence-electron chi connectivity index (χ3n) is 1.78. The molecule has 16 heavy (non-hydrogen) atoms. The molecule has 0 radical (unpaired) electrons. The molecule has 0 aliphatic heterocycles. The second-order valence-electron chi connectivity index (χ2n) is 3.13. The largest absolute Gasteiger partial charge is 0.382 e. The van der Waals surface area contributed by atoms with Crippen LogP contribution in [0.5, 0.6) is 0 Å². The van der Waals surface area contributed by atoms with Crippen LogP contribution in [0.1, 0.15) is 16.2 Å². The van der Waals surface area contributed by atoms with Crippen molar-refractivity contribution in [1.82, 2.24) is 15.4 Å². The van der Waals surface area contributed by atoms with Gasteiger partial charge in [0.1, 0.15) is 5.82 Å². The number of aryl methyl sites for hydroxylation is 1. The molecule has 0 atom stereocenters. The number of carbonyl (C=O) groups excluding carboxylic acids is 1. The minimum atomic E-state index is -0.427. The molecule has 0 saturated carbocycles. The van der Waals surface area contributed by atoms with E-state index in [1.54, 1.807) is 13.0 Å². The number of aromatic nitrogens is 3. The summed E-state index contributed by atoms with van der Waals surface area (Å²) in [4.78, 5) is 11.6. The van der Waals surface area contributed by atoms with Crippen LogP contribution in [0.15, 0.2) is 22.7 Å². The highest BCUT2D eigenvalue weighted by Gasteiger charge is 2.10. The molecule has 3 N–H and O–H groups in total. The highest BCUT2D eigenvalue weighted by atomic mass is 16.5. The number of nitrogen functional groups attached to an aromatic ring is 1. The molecule has 2 heterocycles. The number of hydrogen-bond acceptors (Lipinski definition) is 6. The lowest BCUT2D eigenvalue weighted by Crippen LogP contribution is -2.14. The van der Waals surface area contributed by atoms with Crippen LogP contribution in [0.2, 0.25) is 0 Å². The van der Waals surface area contributed by atoms with Gasteiger partial charge in [0.2, 0.25) is 5.88 Å². The Bertz CT molecular complexity index is 505. The van der Waals surface area contributed by atoms with Crippen molar-refractivity contribution in [3.05, 3.63) is 29.6 Å². The molecule has 2 aromatic rings. The van der Waals surface area contributed by atoms with Gasteiger partial charge in [-0.1, -0.05) is 5.16 Å². The highest BCUT2D eigenvalue weighted by molar-refractivity contribution is 6.01. The molecule has 0 fully saturated rings. The first-order chi connectivity index (χ1) is 7.65.